The Hall–Kier alpha value is -3.28. The monoisotopic (exact) mass is 1140 g/mol. The largest absolute Gasteiger partial charge is 0.456 e. The van der Waals surface area contributed by atoms with Crippen LogP contribution in [0.25, 0.3) is 0 Å². The molecule has 2 spiro atoms. The van der Waals surface area contributed by atoms with Crippen LogP contribution in [0, 0.1) is 40.4 Å². The molecular weight excluding hydrogens is 1060 g/mol. The number of rotatable bonds is 11. The number of esters is 4. The average molecular weight is 1140 g/mol. The van der Waals surface area contributed by atoms with E-state index in [0.717, 1.165) is 45.6 Å². The minimum Gasteiger partial charge on any atom is -0.456 e. The van der Waals surface area contributed by atoms with Gasteiger partial charge >= 0.3 is 23.9 Å². The van der Waals surface area contributed by atoms with Crippen molar-refractivity contribution in [3.05, 3.63) is 23.8 Å². The maximum absolute atomic E-state index is 13.0. The number of ether oxygens (including phenoxy) is 13. The molecule has 0 bridgehead atoms. The van der Waals surface area contributed by atoms with Crippen molar-refractivity contribution >= 4 is 23.9 Å². The van der Waals surface area contributed by atoms with Crippen LogP contribution in [0.4, 0.5) is 0 Å². The highest BCUT2D eigenvalue weighted by Gasteiger charge is 2.73. The molecule has 24 heteroatoms. The standard InChI is InChI=1S/C56H82O24/c1-12-53(10,67)47-48(66)80-56(79-47)25(5)71-49(39(63)45(56)64)76-40-22(2)20-69-55(46(40)65)23(3)37-35(78-55)19-33-31-14-13-29-17-30(60)18-36(54(29,11)32(31)15-16-52(33,37)9)75-50-42(38(62)34(61)21-68-50)77-51-44(74-28(8)59)43(73-27(7)58)41(24(4)70-51)72-26(6)57/h13,23-25,30-47,49-51,60-65,67H,2,12,14-21H2,1,3-11H3. The second-order valence-corrected chi connectivity index (χ2v) is 25.0. The van der Waals surface area contributed by atoms with Gasteiger partial charge in [0.05, 0.1) is 43.2 Å². The van der Waals surface area contributed by atoms with Gasteiger partial charge in [0.25, 0.3) is 5.79 Å². The molecule has 0 aromatic heterocycles. The molecule has 6 aliphatic heterocycles. The van der Waals surface area contributed by atoms with Crippen molar-refractivity contribution in [2.45, 2.75) is 248 Å². The lowest BCUT2D eigenvalue weighted by Crippen LogP contribution is -2.68. The van der Waals surface area contributed by atoms with E-state index in [4.69, 9.17) is 61.6 Å². The van der Waals surface area contributed by atoms with Gasteiger partial charge in [-0.2, -0.15) is 0 Å². The van der Waals surface area contributed by atoms with E-state index in [0.29, 0.717) is 18.4 Å². The lowest BCUT2D eigenvalue weighted by atomic mass is 9.46. The lowest BCUT2D eigenvalue weighted by molar-refractivity contribution is -0.393. The van der Waals surface area contributed by atoms with E-state index in [1.165, 1.54) is 13.8 Å². The first-order chi connectivity index (χ1) is 37.5. The molecule has 3 saturated carbocycles. The molecule has 10 rings (SSSR count). The number of carbonyl (C=O) groups excluding carboxylic acids is 4. The molecule has 0 aromatic rings. The Balaban J connectivity index is 0.856. The third kappa shape index (κ3) is 9.69. The second-order valence-electron chi connectivity index (χ2n) is 25.0. The molecule has 24 nitrogen and oxygen atoms in total. The molecule has 4 aliphatic carbocycles. The van der Waals surface area contributed by atoms with Gasteiger partial charge in [0.1, 0.15) is 42.7 Å². The van der Waals surface area contributed by atoms with Gasteiger partial charge in [0.2, 0.25) is 5.79 Å². The third-order valence-corrected chi connectivity index (χ3v) is 20.2. The molecule has 7 N–H and O–H groups in total. The zero-order valence-electron chi connectivity index (χ0n) is 47.1. The third-order valence-electron chi connectivity index (χ3n) is 20.2. The number of hydrogen-bond acceptors (Lipinski definition) is 24. The molecule has 29 atom stereocenters. The van der Waals surface area contributed by atoms with Crippen LogP contribution >= 0.6 is 0 Å². The average Bonchev–Trinajstić information content (AvgIpc) is 4.20. The summed E-state index contributed by atoms with van der Waals surface area (Å²) in [6.45, 7) is 19.7. The van der Waals surface area contributed by atoms with Gasteiger partial charge in [0.15, 0.2) is 49.4 Å². The fraction of sp³-hybridized carbons (Fsp3) is 0.857. The molecular formula is C56H82O24. The molecule has 450 valence electrons. The topological polar surface area (TPSA) is 330 Å². The number of allylic oxidation sites excluding steroid dienone is 1. The maximum Gasteiger partial charge on any atom is 0.341 e. The van der Waals surface area contributed by atoms with Gasteiger partial charge in [0, 0.05) is 38.5 Å². The van der Waals surface area contributed by atoms with Crippen molar-refractivity contribution in [1.82, 2.24) is 0 Å². The number of fused-ring (bicyclic) bond motifs is 7. The Morgan fingerprint density at radius 2 is 1.48 bits per heavy atom. The van der Waals surface area contributed by atoms with Gasteiger partial charge in [-0.3, -0.25) is 14.4 Å². The highest BCUT2D eigenvalue weighted by Crippen LogP contribution is 2.71. The molecule has 29 unspecified atom stereocenters. The van der Waals surface area contributed by atoms with E-state index in [1.807, 2.05) is 6.92 Å². The maximum atomic E-state index is 13.0. The zero-order valence-corrected chi connectivity index (χ0v) is 47.1. The number of carbonyl (C=O) groups is 4. The predicted molar refractivity (Wildman–Crippen MR) is 268 cm³/mol. The summed E-state index contributed by atoms with van der Waals surface area (Å²) < 4.78 is 79.7. The first-order valence-corrected chi connectivity index (χ1v) is 28.3. The smallest absolute Gasteiger partial charge is 0.341 e. The van der Waals surface area contributed by atoms with Crippen LogP contribution in [-0.4, -0.2) is 207 Å². The molecule has 9 fully saturated rings. The highest BCUT2D eigenvalue weighted by atomic mass is 16.8. The van der Waals surface area contributed by atoms with Gasteiger partial charge in [-0.15, -0.1) is 0 Å². The summed E-state index contributed by atoms with van der Waals surface area (Å²) in [5.74, 6) is -7.17. The quantitative estimate of drug-likeness (QED) is 0.0857. The number of aliphatic hydroxyl groups is 7. The summed E-state index contributed by atoms with van der Waals surface area (Å²) in [5.41, 5.74) is -1.27. The van der Waals surface area contributed by atoms with Gasteiger partial charge in [-0.25, -0.2) is 4.79 Å². The Kier molecular flexibility index (Phi) is 16.2. The number of hydrogen-bond donors (Lipinski definition) is 7. The van der Waals surface area contributed by atoms with Crippen LogP contribution in [0.3, 0.4) is 0 Å². The first kappa shape index (κ1) is 59.9. The molecule has 80 heavy (non-hydrogen) atoms. The first-order valence-electron chi connectivity index (χ1n) is 28.3. The van der Waals surface area contributed by atoms with Crippen molar-refractivity contribution in [2.75, 3.05) is 13.2 Å². The van der Waals surface area contributed by atoms with Crippen LogP contribution in [0.1, 0.15) is 114 Å². The summed E-state index contributed by atoms with van der Waals surface area (Å²) in [6.07, 6.45) is -19.3. The van der Waals surface area contributed by atoms with E-state index < -0.39 is 163 Å². The van der Waals surface area contributed by atoms with Crippen molar-refractivity contribution < 1.29 is 117 Å². The van der Waals surface area contributed by atoms with E-state index in [9.17, 15) is 54.9 Å². The molecule has 0 aromatic carbocycles. The van der Waals surface area contributed by atoms with Gasteiger partial charge in [-0.05, 0) is 94.0 Å². The normalized spacial score (nSPS) is 51.5. The molecule has 6 saturated heterocycles. The van der Waals surface area contributed by atoms with E-state index in [-0.39, 0.29) is 61.2 Å². The zero-order chi connectivity index (χ0) is 58.1. The SMILES string of the molecule is C=C1COC2(OC3CC4C5CC=C6CC(O)CC(OC7OCC(O)C(O)C7OC7OC(C)C(OC(C)=O)C(OC(C)=O)C7OC(C)=O)C6(C)C5CCC4(C)C3C2C)C(O)C1OC1OC(C)C2(OC(=O)C(C(C)(O)CC)O2)C(O)C1O. The van der Waals surface area contributed by atoms with Crippen molar-refractivity contribution in [2.24, 2.45) is 40.4 Å². The van der Waals surface area contributed by atoms with Crippen LogP contribution in [0.15, 0.2) is 23.8 Å². The second kappa shape index (κ2) is 21.7. The number of aliphatic hydroxyl groups excluding tert-OH is 6. The van der Waals surface area contributed by atoms with Crippen LogP contribution < -0.4 is 0 Å². The van der Waals surface area contributed by atoms with Crippen molar-refractivity contribution in [3.8, 4) is 0 Å². The van der Waals surface area contributed by atoms with E-state index in [2.05, 4.69) is 26.5 Å². The van der Waals surface area contributed by atoms with Crippen LogP contribution in [0.2, 0.25) is 0 Å². The lowest BCUT2D eigenvalue weighted by Gasteiger charge is -2.60. The summed E-state index contributed by atoms with van der Waals surface area (Å²) >= 11 is 0. The predicted octanol–water partition coefficient (Wildman–Crippen LogP) is 0.864. The van der Waals surface area contributed by atoms with E-state index in [1.54, 1.807) is 13.8 Å². The minimum absolute atomic E-state index is 0.0264. The Morgan fingerprint density at radius 3 is 2.15 bits per heavy atom. The Bertz CT molecular complexity index is 2420. The highest BCUT2D eigenvalue weighted by molar-refractivity contribution is 5.78. The summed E-state index contributed by atoms with van der Waals surface area (Å²) in [7, 11) is 0. The Morgan fingerprint density at radius 1 is 0.800 bits per heavy atom. The minimum atomic E-state index is -2.16. The van der Waals surface area contributed by atoms with Crippen molar-refractivity contribution in [3.63, 3.8) is 0 Å². The van der Waals surface area contributed by atoms with Crippen LogP contribution in [-0.2, 0) is 80.8 Å². The molecule has 10 aliphatic rings. The fourth-order valence-electron chi connectivity index (χ4n) is 16.0. The fourth-order valence-corrected chi connectivity index (χ4v) is 16.0. The van der Waals surface area contributed by atoms with Gasteiger partial charge in [-0.1, -0.05) is 45.9 Å². The van der Waals surface area contributed by atoms with Crippen molar-refractivity contribution in [1.29, 1.82) is 0 Å². The van der Waals surface area contributed by atoms with E-state index >= 15 is 0 Å². The summed E-state index contributed by atoms with van der Waals surface area (Å²) in [4.78, 5) is 50.1. The molecule has 0 amide bonds. The summed E-state index contributed by atoms with van der Waals surface area (Å²) in [6, 6.07) is 0. The van der Waals surface area contributed by atoms with Crippen LogP contribution in [0.5, 0.6) is 0 Å². The molecule has 6 heterocycles. The summed E-state index contributed by atoms with van der Waals surface area (Å²) in [5, 5.41) is 80.5. The molecule has 0 radical (unpaired) electrons. The van der Waals surface area contributed by atoms with Gasteiger partial charge < -0.3 is 97.3 Å². The Labute approximate surface area is 464 Å².